The third-order valence-electron chi connectivity index (χ3n) is 2.96. The number of benzene rings is 1. The lowest BCUT2D eigenvalue weighted by molar-refractivity contribution is 0.174. The quantitative estimate of drug-likeness (QED) is 0.788. The van der Waals surface area contributed by atoms with Crippen molar-refractivity contribution in [3.05, 3.63) is 28.3 Å². The second-order valence-electron chi connectivity index (χ2n) is 4.17. The maximum atomic E-state index is 9.32. The summed E-state index contributed by atoms with van der Waals surface area (Å²) in [5.41, 5.74) is 1.13. The molecular weight excluding hydrogens is 322 g/mol. The summed E-state index contributed by atoms with van der Waals surface area (Å²) in [6.07, 6.45) is 3.80. The van der Waals surface area contributed by atoms with Gasteiger partial charge in [-0.15, -0.1) is 23.5 Å². The van der Waals surface area contributed by atoms with Crippen LogP contribution in [0.4, 0.5) is 0 Å². The van der Waals surface area contributed by atoms with Gasteiger partial charge in [-0.2, -0.15) is 10.2 Å². The number of aromatic nitrogens is 2. The van der Waals surface area contributed by atoms with Crippen molar-refractivity contribution in [2.24, 2.45) is 0 Å². The molecule has 3 rings (SSSR count). The van der Waals surface area contributed by atoms with Crippen LogP contribution in [0.25, 0.3) is 17.0 Å². The van der Waals surface area contributed by atoms with Gasteiger partial charge in [-0.25, -0.2) is 0 Å². The Hall–Kier alpha value is -2.11. The minimum absolute atomic E-state index is 0.211. The van der Waals surface area contributed by atoms with Gasteiger partial charge in [-0.1, -0.05) is 5.16 Å². The van der Waals surface area contributed by atoms with Crippen molar-refractivity contribution >= 4 is 29.1 Å². The Morgan fingerprint density at radius 1 is 1.23 bits per heavy atom. The number of ether oxygens (including phenoxy) is 2. The van der Waals surface area contributed by atoms with Crippen LogP contribution in [0.15, 0.2) is 27.0 Å². The van der Waals surface area contributed by atoms with Crippen LogP contribution in [0.2, 0.25) is 0 Å². The molecule has 0 fully saturated rings. The van der Waals surface area contributed by atoms with Crippen LogP contribution < -0.4 is 9.47 Å². The van der Waals surface area contributed by atoms with Gasteiger partial charge >= 0.3 is 0 Å². The van der Waals surface area contributed by atoms with E-state index in [4.69, 9.17) is 14.0 Å². The van der Waals surface area contributed by atoms with Crippen molar-refractivity contribution < 1.29 is 14.0 Å². The zero-order chi connectivity index (χ0) is 15.5. The monoisotopic (exact) mass is 333 g/mol. The highest BCUT2D eigenvalue weighted by molar-refractivity contribution is 8.21. The van der Waals surface area contributed by atoms with E-state index in [-0.39, 0.29) is 12.7 Å². The first kappa shape index (κ1) is 14.8. The van der Waals surface area contributed by atoms with Gasteiger partial charge in [-0.05, 0) is 30.7 Å². The van der Waals surface area contributed by atoms with Crippen LogP contribution in [0, 0.1) is 11.3 Å². The molecule has 0 aliphatic carbocycles. The van der Waals surface area contributed by atoms with Gasteiger partial charge in [0.1, 0.15) is 11.6 Å². The van der Waals surface area contributed by atoms with Crippen LogP contribution in [0.3, 0.4) is 0 Å². The molecule has 0 bridgehead atoms. The summed E-state index contributed by atoms with van der Waals surface area (Å²) in [5, 5.41) is 13.3. The highest BCUT2D eigenvalue weighted by Crippen LogP contribution is 2.36. The van der Waals surface area contributed by atoms with Crippen LogP contribution in [-0.4, -0.2) is 29.4 Å². The predicted molar refractivity (Wildman–Crippen MR) is 85.4 cm³/mol. The highest BCUT2D eigenvalue weighted by atomic mass is 32.2. The third kappa shape index (κ3) is 2.65. The van der Waals surface area contributed by atoms with Crippen LogP contribution >= 0.6 is 23.5 Å². The highest BCUT2D eigenvalue weighted by Gasteiger charge is 2.19. The average molecular weight is 333 g/mol. The molecule has 0 saturated heterocycles. The molecule has 1 aromatic heterocycles. The SMILES string of the molecule is CSC(SC)=C(C#N)c1nc(-c2ccc3c(c2)OCO3)no1. The van der Waals surface area contributed by atoms with E-state index in [2.05, 4.69) is 16.2 Å². The van der Waals surface area contributed by atoms with E-state index in [1.165, 1.54) is 23.5 Å². The molecule has 1 aliphatic heterocycles. The lowest BCUT2D eigenvalue weighted by Gasteiger charge is -1.99. The summed E-state index contributed by atoms with van der Waals surface area (Å²) in [4.78, 5) is 4.31. The summed E-state index contributed by atoms with van der Waals surface area (Å²) in [6, 6.07) is 7.53. The smallest absolute Gasteiger partial charge is 0.270 e. The molecule has 8 heteroatoms. The molecular formula is C14H11N3O3S2. The van der Waals surface area contributed by atoms with E-state index < -0.39 is 0 Å². The second kappa shape index (κ2) is 6.34. The Labute approximate surface area is 135 Å². The normalized spacial score (nSPS) is 12.0. The van der Waals surface area contributed by atoms with Crippen molar-refractivity contribution in [2.75, 3.05) is 19.3 Å². The maximum absolute atomic E-state index is 9.32. The molecule has 0 radical (unpaired) electrons. The molecule has 0 saturated carbocycles. The van der Waals surface area contributed by atoms with E-state index in [1.807, 2.05) is 18.6 Å². The Bertz CT molecular complexity index is 774. The lowest BCUT2D eigenvalue weighted by Crippen LogP contribution is -1.92. The summed E-state index contributed by atoms with van der Waals surface area (Å²) in [7, 11) is 0. The second-order valence-corrected chi connectivity index (χ2v) is 6.07. The van der Waals surface area contributed by atoms with Gasteiger partial charge in [-0.3, -0.25) is 0 Å². The number of hydrogen-bond acceptors (Lipinski definition) is 8. The average Bonchev–Trinajstić information content (AvgIpc) is 3.20. The van der Waals surface area contributed by atoms with Crippen LogP contribution in [0.5, 0.6) is 11.5 Å². The van der Waals surface area contributed by atoms with Gasteiger partial charge in [0.25, 0.3) is 5.89 Å². The Balaban J connectivity index is 1.97. The number of hydrogen-bond donors (Lipinski definition) is 0. The maximum Gasteiger partial charge on any atom is 0.270 e. The molecule has 0 amide bonds. The first-order valence-electron chi connectivity index (χ1n) is 6.23. The topological polar surface area (TPSA) is 81.2 Å². The lowest BCUT2D eigenvalue weighted by atomic mass is 10.2. The Morgan fingerprint density at radius 2 is 2.00 bits per heavy atom. The van der Waals surface area contributed by atoms with Crippen LogP contribution in [0.1, 0.15) is 5.89 Å². The Kier molecular flexibility index (Phi) is 4.27. The summed E-state index contributed by atoms with van der Waals surface area (Å²) in [5.74, 6) is 1.96. The molecule has 0 spiro atoms. The van der Waals surface area contributed by atoms with Crippen molar-refractivity contribution in [1.29, 1.82) is 5.26 Å². The number of nitriles is 1. The largest absolute Gasteiger partial charge is 0.454 e. The van der Waals surface area contributed by atoms with Gasteiger partial charge in [0.05, 0.1) is 4.24 Å². The minimum atomic E-state index is 0.211. The first-order chi connectivity index (χ1) is 10.8. The van der Waals surface area contributed by atoms with E-state index >= 15 is 0 Å². The molecule has 6 nitrogen and oxygen atoms in total. The van der Waals surface area contributed by atoms with Gasteiger partial charge in [0.2, 0.25) is 12.6 Å². The fourth-order valence-electron chi connectivity index (χ4n) is 1.95. The first-order valence-corrected chi connectivity index (χ1v) is 8.68. The summed E-state index contributed by atoms with van der Waals surface area (Å²) < 4.78 is 16.7. The summed E-state index contributed by atoms with van der Waals surface area (Å²) in [6.45, 7) is 0.211. The fourth-order valence-corrected chi connectivity index (χ4v) is 3.29. The van der Waals surface area contributed by atoms with Crippen molar-refractivity contribution in [1.82, 2.24) is 10.1 Å². The van der Waals surface area contributed by atoms with Crippen molar-refractivity contribution in [2.45, 2.75) is 0 Å². The van der Waals surface area contributed by atoms with E-state index in [1.54, 1.807) is 12.1 Å². The molecule has 0 unspecified atom stereocenters. The molecule has 0 N–H and O–H groups in total. The fraction of sp³-hybridized carbons (Fsp3) is 0.214. The molecule has 112 valence electrons. The standard InChI is InChI=1S/C14H11N3O3S2/c1-21-14(22-2)9(6-15)13-16-12(17-20-13)8-3-4-10-11(5-8)19-7-18-10/h3-5H,7H2,1-2H3. The van der Waals surface area contributed by atoms with Crippen molar-refractivity contribution in [3.8, 4) is 29.0 Å². The number of nitrogens with zero attached hydrogens (tertiary/aromatic N) is 3. The van der Waals surface area contributed by atoms with E-state index in [9.17, 15) is 5.26 Å². The molecule has 1 aliphatic rings. The number of rotatable bonds is 4. The van der Waals surface area contributed by atoms with Gasteiger partial charge < -0.3 is 14.0 Å². The van der Waals surface area contributed by atoms with Gasteiger partial charge in [0, 0.05) is 5.56 Å². The number of fused-ring (bicyclic) bond motifs is 1. The van der Waals surface area contributed by atoms with Crippen LogP contribution in [-0.2, 0) is 0 Å². The zero-order valence-electron chi connectivity index (χ0n) is 11.8. The summed E-state index contributed by atoms with van der Waals surface area (Å²) >= 11 is 2.95. The van der Waals surface area contributed by atoms with E-state index in [0.29, 0.717) is 22.9 Å². The molecule has 1 aromatic carbocycles. The minimum Gasteiger partial charge on any atom is -0.454 e. The predicted octanol–water partition coefficient (Wildman–Crippen LogP) is 3.38. The molecule has 2 aromatic rings. The third-order valence-corrected chi connectivity index (χ3v) is 5.11. The zero-order valence-corrected chi connectivity index (χ0v) is 13.5. The van der Waals surface area contributed by atoms with E-state index in [0.717, 1.165) is 9.80 Å². The van der Waals surface area contributed by atoms with Crippen molar-refractivity contribution in [3.63, 3.8) is 0 Å². The Morgan fingerprint density at radius 3 is 2.73 bits per heavy atom. The molecule has 22 heavy (non-hydrogen) atoms. The van der Waals surface area contributed by atoms with Gasteiger partial charge in [0.15, 0.2) is 11.5 Å². The number of allylic oxidation sites excluding steroid dienone is 1. The molecule has 2 heterocycles. The molecule has 0 atom stereocenters. The number of thioether (sulfide) groups is 2.